The molecule has 1 saturated carbocycles. The molecule has 0 aliphatic heterocycles. The van der Waals surface area contributed by atoms with Gasteiger partial charge in [-0.3, -0.25) is 9.59 Å². The number of carbonyl (C=O) groups excluding carboxylic acids is 1. The summed E-state index contributed by atoms with van der Waals surface area (Å²) in [7, 11) is 0. The van der Waals surface area contributed by atoms with Crippen molar-refractivity contribution in [3.8, 4) is 5.75 Å². The van der Waals surface area contributed by atoms with Crippen LogP contribution in [0.5, 0.6) is 5.75 Å². The van der Waals surface area contributed by atoms with E-state index in [1.165, 1.54) is 25.1 Å². The fourth-order valence-electron chi connectivity index (χ4n) is 3.50. The number of carboxylic acid groups (broad SMARTS) is 1. The second-order valence-electron chi connectivity index (χ2n) is 7.20. The fourth-order valence-corrected chi connectivity index (χ4v) is 3.50. The average Bonchev–Trinajstić information content (AvgIpc) is 3.41. The smallest absolute Gasteiger partial charge is 0.309 e. The number of phenolic OH excluding ortho intramolecular Hbond substituents is 1. The lowest BCUT2D eigenvalue weighted by atomic mass is 10.0. The number of hydrogen-bond acceptors (Lipinski definition) is 5. The number of anilines is 1. The summed E-state index contributed by atoms with van der Waals surface area (Å²) in [4.78, 5) is 28.5. The largest absolute Gasteiger partial charge is 0.508 e. The molecule has 0 bridgehead atoms. The van der Waals surface area contributed by atoms with E-state index < -0.39 is 17.9 Å². The van der Waals surface area contributed by atoms with Crippen LogP contribution in [0.15, 0.2) is 36.5 Å². The number of benzene rings is 1. The van der Waals surface area contributed by atoms with Crippen LogP contribution < -0.4 is 10.6 Å². The zero-order valence-electron chi connectivity index (χ0n) is 14.7. The quantitative estimate of drug-likeness (QED) is 0.624. The molecule has 7 nitrogen and oxygen atoms in total. The third kappa shape index (κ3) is 3.58. The van der Waals surface area contributed by atoms with Crippen LogP contribution in [-0.4, -0.2) is 33.6 Å². The molecule has 1 amide bonds. The lowest BCUT2D eigenvalue weighted by Gasteiger charge is -2.19. The molecule has 2 aliphatic carbocycles. The van der Waals surface area contributed by atoms with Gasteiger partial charge in [-0.05, 0) is 48.9 Å². The first-order valence-electron chi connectivity index (χ1n) is 9.07. The number of carbonyl (C=O) groups is 2. The number of amides is 1. The second-order valence-corrected chi connectivity index (χ2v) is 7.20. The summed E-state index contributed by atoms with van der Waals surface area (Å²) in [6.45, 7) is 0.890. The predicted octanol–water partition coefficient (Wildman–Crippen LogP) is 2.34. The Labute approximate surface area is 156 Å². The highest BCUT2D eigenvalue weighted by atomic mass is 16.4. The Morgan fingerprint density at radius 1 is 1.19 bits per heavy atom. The first-order chi connectivity index (χ1) is 13.0. The van der Waals surface area contributed by atoms with E-state index in [2.05, 4.69) is 15.6 Å². The van der Waals surface area contributed by atoms with Gasteiger partial charge < -0.3 is 20.8 Å². The van der Waals surface area contributed by atoms with Crippen molar-refractivity contribution in [2.75, 3.05) is 11.9 Å². The van der Waals surface area contributed by atoms with E-state index >= 15 is 0 Å². The normalized spacial score (nSPS) is 20.7. The number of pyridine rings is 1. The topological polar surface area (TPSA) is 112 Å². The zero-order chi connectivity index (χ0) is 19.0. The van der Waals surface area contributed by atoms with Crippen LogP contribution in [0.2, 0.25) is 0 Å². The van der Waals surface area contributed by atoms with Gasteiger partial charge >= 0.3 is 5.97 Å². The van der Waals surface area contributed by atoms with E-state index in [-0.39, 0.29) is 18.1 Å². The molecule has 2 aromatic rings. The molecular weight excluding hydrogens is 346 g/mol. The molecule has 1 heterocycles. The minimum atomic E-state index is -1.01. The highest BCUT2D eigenvalue weighted by Gasteiger charge is 2.39. The Bertz CT molecular complexity index is 877. The number of carboxylic acids is 1. The van der Waals surface area contributed by atoms with Crippen molar-refractivity contribution in [3.05, 3.63) is 53.2 Å². The minimum absolute atomic E-state index is 0.0586. The molecule has 0 saturated heterocycles. The average molecular weight is 367 g/mol. The van der Waals surface area contributed by atoms with E-state index in [0.29, 0.717) is 16.7 Å². The maximum atomic E-state index is 12.6. The number of aromatic nitrogens is 1. The molecule has 27 heavy (non-hydrogen) atoms. The summed E-state index contributed by atoms with van der Waals surface area (Å²) in [6, 6.07) is 7.65. The molecule has 1 fully saturated rings. The van der Waals surface area contributed by atoms with Gasteiger partial charge in [-0.1, -0.05) is 12.1 Å². The highest BCUT2D eigenvalue weighted by Crippen LogP contribution is 2.40. The van der Waals surface area contributed by atoms with Gasteiger partial charge in [0.1, 0.15) is 11.6 Å². The zero-order valence-corrected chi connectivity index (χ0v) is 14.7. The molecule has 1 aromatic heterocycles. The Morgan fingerprint density at radius 3 is 2.67 bits per heavy atom. The lowest BCUT2D eigenvalue weighted by molar-refractivity contribution is -0.142. The van der Waals surface area contributed by atoms with Gasteiger partial charge in [-0.25, -0.2) is 4.98 Å². The van der Waals surface area contributed by atoms with Crippen molar-refractivity contribution < 1.29 is 19.8 Å². The fraction of sp³-hybridized carbons (Fsp3) is 0.350. The standard InChI is InChI=1S/C20H21N3O4/c24-16-3-1-2-13-14(16)8-15(20(26)27)18(13)23-19(25)12-6-7-17(22-10-12)21-9-11-4-5-11/h1-3,6-7,10-11,15,18,24H,4-5,8-9H2,(H,21,22)(H,23,25)(H,26,27). The maximum Gasteiger partial charge on any atom is 0.309 e. The summed E-state index contributed by atoms with van der Waals surface area (Å²) in [5, 5.41) is 25.6. The molecule has 0 radical (unpaired) electrons. The predicted molar refractivity (Wildman–Crippen MR) is 98.6 cm³/mol. The number of phenols is 1. The molecule has 2 atom stereocenters. The van der Waals surface area contributed by atoms with Crippen molar-refractivity contribution in [1.82, 2.24) is 10.3 Å². The Kier molecular flexibility index (Phi) is 4.43. The van der Waals surface area contributed by atoms with Gasteiger partial charge in [0.25, 0.3) is 5.91 Å². The Morgan fingerprint density at radius 2 is 2.00 bits per heavy atom. The van der Waals surface area contributed by atoms with Gasteiger partial charge in [-0.15, -0.1) is 0 Å². The Hall–Kier alpha value is -3.09. The van der Waals surface area contributed by atoms with Crippen LogP contribution in [0.25, 0.3) is 0 Å². The van der Waals surface area contributed by atoms with Crippen LogP contribution in [-0.2, 0) is 11.2 Å². The third-order valence-electron chi connectivity index (χ3n) is 5.25. The number of nitrogens with one attached hydrogen (secondary N) is 2. The summed E-state index contributed by atoms with van der Waals surface area (Å²) >= 11 is 0. The van der Waals surface area contributed by atoms with E-state index in [0.717, 1.165) is 18.3 Å². The minimum Gasteiger partial charge on any atom is -0.508 e. The molecule has 0 spiro atoms. The monoisotopic (exact) mass is 367 g/mol. The Balaban J connectivity index is 1.49. The van der Waals surface area contributed by atoms with Crippen molar-refractivity contribution in [2.24, 2.45) is 11.8 Å². The van der Waals surface area contributed by atoms with Gasteiger partial charge in [0.15, 0.2) is 0 Å². The molecule has 4 rings (SSSR count). The summed E-state index contributed by atoms with van der Waals surface area (Å²) < 4.78 is 0. The number of rotatable bonds is 6. The van der Waals surface area contributed by atoms with Gasteiger partial charge in [-0.2, -0.15) is 0 Å². The lowest BCUT2D eigenvalue weighted by Crippen LogP contribution is -2.34. The first kappa shape index (κ1) is 17.3. The van der Waals surface area contributed by atoms with Crippen LogP contribution in [0, 0.1) is 11.8 Å². The van der Waals surface area contributed by atoms with Gasteiger partial charge in [0, 0.05) is 18.3 Å². The van der Waals surface area contributed by atoms with Crippen molar-refractivity contribution in [1.29, 1.82) is 0 Å². The van der Waals surface area contributed by atoms with E-state index in [1.807, 2.05) is 0 Å². The number of fused-ring (bicyclic) bond motifs is 1. The second kappa shape index (κ2) is 6.90. The van der Waals surface area contributed by atoms with Crippen LogP contribution >= 0.6 is 0 Å². The molecule has 7 heteroatoms. The molecule has 140 valence electrons. The van der Waals surface area contributed by atoms with Crippen molar-refractivity contribution in [2.45, 2.75) is 25.3 Å². The maximum absolute atomic E-state index is 12.6. The van der Waals surface area contributed by atoms with E-state index in [9.17, 15) is 19.8 Å². The summed E-state index contributed by atoms with van der Waals surface area (Å²) in [5.74, 6) is -0.704. The molecule has 1 aromatic carbocycles. The van der Waals surface area contributed by atoms with E-state index in [4.69, 9.17) is 0 Å². The van der Waals surface area contributed by atoms with Gasteiger partial charge in [0.2, 0.25) is 0 Å². The number of hydrogen-bond donors (Lipinski definition) is 4. The number of nitrogens with zero attached hydrogens (tertiary/aromatic N) is 1. The molecular formula is C20H21N3O4. The van der Waals surface area contributed by atoms with Gasteiger partial charge in [0.05, 0.1) is 17.5 Å². The van der Waals surface area contributed by atoms with Crippen LogP contribution in [0.3, 0.4) is 0 Å². The van der Waals surface area contributed by atoms with Crippen molar-refractivity contribution >= 4 is 17.7 Å². The number of aliphatic carboxylic acids is 1. The summed E-state index contributed by atoms with van der Waals surface area (Å²) in [5.41, 5.74) is 1.59. The molecule has 2 aliphatic rings. The number of aromatic hydroxyl groups is 1. The van der Waals surface area contributed by atoms with Crippen LogP contribution in [0.1, 0.15) is 40.4 Å². The third-order valence-corrected chi connectivity index (χ3v) is 5.25. The molecule has 2 unspecified atom stereocenters. The van der Waals surface area contributed by atoms with E-state index in [1.54, 1.807) is 24.3 Å². The first-order valence-corrected chi connectivity index (χ1v) is 9.07. The van der Waals surface area contributed by atoms with Crippen LogP contribution in [0.4, 0.5) is 5.82 Å². The SMILES string of the molecule is O=C(NC1c2cccc(O)c2CC1C(=O)O)c1ccc(NCC2CC2)nc1. The summed E-state index contributed by atoms with van der Waals surface area (Å²) in [6.07, 6.45) is 4.16. The van der Waals surface area contributed by atoms with Crippen molar-refractivity contribution in [3.63, 3.8) is 0 Å². The highest BCUT2D eigenvalue weighted by molar-refractivity contribution is 5.95. The molecule has 4 N–H and O–H groups in total.